The van der Waals surface area contributed by atoms with Crippen LogP contribution >= 0.6 is 0 Å². The molecule has 1 aliphatic heterocycles. The molecule has 4 atom stereocenters. The molecule has 10 heteroatoms. The summed E-state index contributed by atoms with van der Waals surface area (Å²) < 4.78 is 28.0. The van der Waals surface area contributed by atoms with Gasteiger partial charge in [0, 0.05) is 24.7 Å². The highest BCUT2D eigenvalue weighted by atomic mass is 19.1. The van der Waals surface area contributed by atoms with Crippen molar-refractivity contribution in [1.82, 2.24) is 19.5 Å². The smallest absolute Gasteiger partial charge is 0.173 e. The van der Waals surface area contributed by atoms with E-state index in [2.05, 4.69) is 20.3 Å². The third kappa shape index (κ3) is 3.39. The quantitative estimate of drug-likeness (QED) is 0.446. The minimum Gasteiger partial charge on any atom is -0.491 e. The molecule has 1 aliphatic rings. The Hall–Kier alpha value is -3.50. The van der Waals surface area contributed by atoms with Crippen molar-refractivity contribution in [3.8, 4) is 5.75 Å². The second-order valence-corrected chi connectivity index (χ2v) is 7.33. The molecule has 0 aliphatic carbocycles. The molecule has 5 rings (SSSR count). The number of halogens is 1. The maximum absolute atomic E-state index is 14.9. The SMILES string of the molecule is CNc1ccc2ccc(OC[C@H]3O[C@@H](n4ccc5c(N)ncnc54)[C@@H](F)[C@@H]3O)cc2n1. The first kappa shape index (κ1) is 19.5. The van der Waals surface area contributed by atoms with Crippen LogP contribution in [-0.4, -0.2) is 56.7 Å². The number of aliphatic hydroxyl groups excluding tert-OH is 1. The van der Waals surface area contributed by atoms with Crippen LogP contribution in [0.15, 0.2) is 48.9 Å². The zero-order valence-electron chi connectivity index (χ0n) is 16.6. The Labute approximate surface area is 176 Å². The average Bonchev–Trinajstić information content (AvgIpc) is 3.34. The number of nitrogens with zero attached hydrogens (tertiary/aromatic N) is 4. The van der Waals surface area contributed by atoms with Crippen LogP contribution in [0.25, 0.3) is 21.9 Å². The Morgan fingerprint density at radius 3 is 2.94 bits per heavy atom. The molecular weight excluding hydrogens is 403 g/mol. The number of nitrogens with two attached hydrogens (primary N) is 1. The van der Waals surface area contributed by atoms with Crippen molar-refractivity contribution in [1.29, 1.82) is 0 Å². The van der Waals surface area contributed by atoms with E-state index in [1.165, 1.54) is 10.9 Å². The van der Waals surface area contributed by atoms with Gasteiger partial charge < -0.3 is 30.2 Å². The van der Waals surface area contributed by atoms with E-state index in [4.69, 9.17) is 15.2 Å². The van der Waals surface area contributed by atoms with Crippen molar-refractivity contribution >= 4 is 33.6 Å². The maximum atomic E-state index is 14.9. The van der Waals surface area contributed by atoms with E-state index in [0.29, 0.717) is 22.6 Å². The molecule has 31 heavy (non-hydrogen) atoms. The van der Waals surface area contributed by atoms with E-state index in [9.17, 15) is 9.50 Å². The Morgan fingerprint density at radius 2 is 2.10 bits per heavy atom. The lowest BCUT2D eigenvalue weighted by Gasteiger charge is -2.17. The van der Waals surface area contributed by atoms with E-state index in [1.54, 1.807) is 31.4 Å². The number of nitrogen functional groups attached to an aromatic ring is 1. The summed E-state index contributed by atoms with van der Waals surface area (Å²) in [6, 6.07) is 11.0. The Morgan fingerprint density at radius 1 is 1.26 bits per heavy atom. The van der Waals surface area contributed by atoms with Crippen molar-refractivity contribution < 1.29 is 19.0 Å². The summed E-state index contributed by atoms with van der Waals surface area (Å²) in [4.78, 5) is 12.6. The average molecular weight is 424 g/mol. The molecule has 4 aromatic rings. The second-order valence-electron chi connectivity index (χ2n) is 7.33. The number of anilines is 2. The zero-order valence-corrected chi connectivity index (χ0v) is 16.6. The molecule has 3 aromatic heterocycles. The minimum absolute atomic E-state index is 0.0222. The summed E-state index contributed by atoms with van der Waals surface area (Å²) in [5.41, 5.74) is 7.05. The molecule has 1 saturated heterocycles. The zero-order chi connectivity index (χ0) is 21.5. The number of fused-ring (bicyclic) bond motifs is 2. The molecule has 9 nitrogen and oxygen atoms in total. The van der Waals surface area contributed by atoms with Gasteiger partial charge in [-0.3, -0.25) is 0 Å². The molecule has 0 amide bonds. The van der Waals surface area contributed by atoms with Gasteiger partial charge in [0.05, 0.1) is 10.9 Å². The summed E-state index contributed by atoms with van der Waals surface area (Å²) >= 11 is 0. The topological polar surface area (TPSA) is 120 Å². The van der Waals surface area contributed by atoms with Gasteiger partial charge in [-0.1, -0.05) is 0 Å². The molecule has 4 heterocycles. The number of hydrogen-bond acceptors (Lipinski definition) is 8. The lowest BCUT2D eigenvalue weighted by atomic mass is 10.1. The maximum Gasteiger partial charge on any atom is 0.173 e. The number of ether oxygens (including phenoxy) is 2. The van der Waals surface area contributed by atoms with Crippen LogP contribution in [0.4, 0.5) is 16.0 Å². The van der Waals surface area contributed by atoms with E-state index >= 15 is 0 Å². The van der Waals surface area contributed by atoms with Gasteiger partial charge >= 0.3 is 0 Å². The van der Waals surface area contributed by atoms with Gasteiger partial charge in [0.25, 0.3) is 0 Å². The molecule has 0 unspecified atom stereocenters. The summed E-state index contributed by atoms with van der Waals surface area (Å²) in [6.45, 7) is -0.0222. The van der Waals surface area contributed by atoms with Crippen molar-refractivity contribution in [2.45, 2.75) is 24.6 Å². The fourth-order valence-electron chi connectivity index (χ4n) is 3.77. The third-order valence-corrected chi connectivity index (χ3v) is 5.44. The number of hydrogen-bond donors (Lipinski definition) is 3. The number of aromatic nitrogens is 4. The highest BCUT2D eigenvalue weighted by Gasteiger charge is 2.46. The van der Waals surface area contributed by atoms with E-state index in [0.717, 1.165) is 16.7 Å². The Bertz CT molecular complexity index is 1250. The number of nitrogens with one attached hydrogen (secondary N) is 1. The molecule has 0 bridgehead atoms. The van der Waals surface area contributed by atoms with E-state index in [1.807, 2.05) is 18.2 Å². The van der Waals surface area contributed by atoms with Gasteiger partial charge in [-0.15, -0.1) is 0 Å². The number of aliphatic hydroxyl groups is 1. The minimum atomic E-state index is -1.66. The van der Waals surface area contributed by atoms with Gasteiger partial charge in [-0.25, -0.2) is 19.3 Å². The fraction of sp³-hybridized carbons (Fsp3) is 0.286. The number of pyridine rings is 1. The van der Waals surface area contributed by atoms with Gasteiger partial charge in [-0.2, -0.15) is 0 Å². The normalized spacial score (nSPS) is 23.5. The van der Waals surface area contributed by atoms with Gasteiger partial charge in [-0.05, 0) is 30.3 Å². The van der Waals surface area contributed by atoms with Crippen LogP contribution in [0.5, 0.6) is 5.75 Å². The molecule has 0 spiro atoms. The van der Waals surface area contributed by atoms with Crippen LogP contribution in [0.2, 0.25) is 0 Å². The highest BCUT2D eigenvalue weighted by molar-refractivity contribution is 5.86. The lowest BCUT2D eigenvalue weighted by molar-refractivity contribution is -0.0410. The molecule has 1 aromatic carbocycles. The van der Waals surface area contributed by atoms with Crippen LogP contribution in [0.1, 0.15) is 6.23 Å². The monoisotopic (exact) mass is 424 g/mol. The number of rotatable bonds is 5. The summed E-state index contributed by atoms with van der Waals surface area (Å²) in [6.07, 6.45) is -1.98. The van der Waals surface area contributed by atoms with Gasteiger partial charge in [0.2, 0.25) is 0 Å². The van der Waals surface area contributed by atoms with Crippen molar-refractivity contribution in [2.75, 3.05) is 24.7 Å². The Balaban J connectivity index is 1.33. The van der Waals surface area contributed by atoms with Crippen LogP contribution in [-0.2, 0) is 4.74 Å². The van der Waals surface area contributed by atoms with Crippen LogP contribution < -0.4 is 15.8 Å². The first-order valence-corrected chi connectivity index (χ1v) is 9.81. The fourth-order valence-corrected chi connectivity index (χ4v) is 3.77. The van der Waals surface area contributed by atoms with Crippen LogP contribution in [0.3, 0.4) is 0 Å². The van der Waals surface area contributed by atoms with Gasteiger partial charge in [0.1, 0.15) is 48.2 Å². The predicted molar refractivity (Wildman–Crippen MR) is 114 cm³/mol. The standard InChI is InChI=1S/C21H21FN6O3/c1-24-16-5-3-11-2-4-12(8-14(11)27-16)30-9-15-18(29)17(22)21(31-15)28-7-6-13-19(23)25-10-26-20(13)28/h2-8,10,15,17-18,21,29H,9H2,1H3,(H,24,27)(H2,23,25,26)/t15-,17+,18-,21-/m1/s1. The summed E-state index contributed by atoms with van der Waals surface area (Å²) in [5, 5.41) is 15.0. The molecule has 0 saturated carbocycles. The van der Waals surface area contributed by atoms with Crippen molar-refractivity contribution in [3.63, 3.8) is 0 Å². The first-order chi connectivity index (χ1) is 15.0. The first-order valence-electron chi connectivity index (χ1n) is 9.81. The Kier molecular flexibility index (Phi) is 4.79. The van der Waals surface area contributed by atoms with Crippen molar-refractivity contribution in [2.24, 2.45) is 0 Å². The van der Waals surface area contributed by atoms with E-state index < -0.39 is 24.6 Å². The number of alkyl halides is 1. The van der Waals surface area contributed by atoms with Crippen molar-refractivity contribution in [3.05, 3.63) is 48.9 Å². The number of benzene rings is 1. The molecule has 1 fully saturated rings. The third-order valence-electron chi connectivity index (χ3n) is 5.44. The molecule has 160 valence electrons. The predicted octanol–water partition coefficient (Wildman–Crippen LogP) is 2.28. The van der Waals surface area contributed by atoms with Gasteiger partial charge in [0.15, 0.2) is 12.4 Å². The summed E-state index contributed by atoms with van der Waals surface area (Å²) in [7, 11) is 1.80. The summed E-state index contributed by atoms with van der Waals surface area (Å²) in [5.74, 6) is 1.59. The molecule has 0 radical (unpaired) electrons. The largest absolute Gasteiger partial charge is 0.491 e. The van der Waals surface area contributed by atoms with Crippen LogP contribution in [0, 0.1) is 0 Å². The molecular formula is C21H21FN6O3. The second kappa shape index (κ2) is 7.64. The lowest BCUT2D eigenvalue weighted by Crippen LogP contribution is -2.32. The van der Waals surface area contributed by atoms with E-state index in [-0.39, 0.29) is 6.61 Å². The highest BCUT2D eigenvalue weighted by Crippen LogP contribution is 2.35. The molecule has 4 N–H and O–H groups in total.